The number of hydrogen-bond donors (Lipinski definition) is 1. The second-order valence-electron chi connectivity index (χ2n) is 5.60. The summed E-state index contributed by atoms with van der Waals surface area (Å²) in [6, 6.07) is 0. The molecule has 0 saturated carbocycles. The number of likely N-dealkylation sites (N-methyl/N-ethyl adjacent to an activating group) is 2. The Hall–Kier alpha value is -2.01. The van der Waals surface area contributed by atoms with E-state index in [9.17, 15) is 22.8 Å². The summed E-state index contributed by atoms with van der Waals surface area (Å²) in [4.78, 5) is 30.1. The normalized spacial score (nSPS) is 13.1. The van der Waals surface area contributed by atoms with E-state index in [0.29, 0.717) is 9.38 Å². The van der Waals surface area contributed by atoms with Crippen molar-refractivity contribution < 1.29 is 22.8 Å². The molecule has 0 spiro atoms. The number of thioether (sulfide) groups is 1. The van der Waals surface area contributed by atoms with E-state index in [2.05, 4.69) is 34.1 Å². The standard InChI is InChI=1S/C18H24BrF3N4O2S/c1-6-14(23)15(17(28)25(4)11-18(20,21)22)26(5)16(27)12(3)24-10-13(19)8-9-29-7-2/h6,8,10H,1,3,7,9,11,23H2,2,4-5H3/b13-8+,15-14-,24-10-. The van der Waals surface area contributed by atoms with Gasteiger partial charge in [0.25, 0.3) is 11.8 Å². The molecule has 0 aliphatic heterocycles. The summed E-state index contributed by atoms with van der Waals surface area (Å²) in [5.41, 5.74) is 4.75. The third kappa shape index (κ3) is 9.84. The van der Waals surface area contributed by atoms with Gasteiger partial charge < -0.3 is 15.5 Å². The summed E-state index contributed by atoms with van der Waals surface area (Å²) >= 11 is 4.96. The molecule has 0 rings (SSSR count). The van der Waals surface area contributed by atoms with E-state index >= 15 is 0 Å². The molecule has 0 aromatic carbocycles. The highest BCUT2D eigenvalue weighted by molar-refractivity contribution is 9.12. The van der Waals surface area contributed by atoms with Crippen molar-refractivity contribution in [3.05, 3.63) is 46.9 Å². The number of carbonyl (C=O) groups excluding carboxylic acids is 2. The third-order valence-electron chi connectivity index (χ3n) is 3.29. The lowest BCUT2D eigenvalue weighted by Crippen LogP contribution is -2.42. The first-order valence-corrected chi connectivity index (χ1v) is 10.2. The molecule has 0 aliphatic carbocycles. The molecule has 0 aliphatic rings. The minimum Gasteiger partial charge on any atom is -0.397 e. The fraction of sp³-hybridized carbons (Fsp3) is 0.389. The Morgan fingerprint density at radius 3 is 2.34 bits per heavy atom. The first kappa shape index (κ1) is 27.0. The lowest BCUT2D eigenvalue weighted by atomic mass is 10.2. The predicted octanol–water partition coefficient (Wildman–Crippen LogP) is 3.44. The summed E-state index contributed by atoms with van der Waals surface area (Å²) in [7, 11) is 2.14. The lowest BCUT2D eigenvalue weighted by molar-refractivity contribution is -0.157. The number of aliphatic imine (C=N–C) groups is 1. The van der Waals surface area contributed by atoms with Gasteiger partial charge in [-0.3, -0.25) is 14.6 Å². The van der Waals surface area contributed by atoms with Crippen molar-refractivity contribution in [3.8, 4) is 0 Å². The maximum Gasteiger partial charge on any atom is 0.406 e. The average molecular weight is 497 g/mol. The van der Waals surface area contributed by atoms with Crippen LogP contribution in [-0.2, 0) is 9.59 Å². The van der Waals surface area contributed by atoms with Gasteiger partial charge in [0.15, 0.2) is 0 Å². The fourth-order valence-electron chi connectivity index (χ4n) is 1.88. The number of nitrogens with two attached hydrogens (primary N) is 1. The molecule has 0 aromatic rings. The van der Waals surface area contributed by atoms with Crippen molar-refractivity contribution in [3.63, 3.8) is 0 Å². The lowest BCUT2D eigenvalue weighted by Gasteiger charge is -2.26. The Labute approximate surface area is 181 Å². The van der Waals surface area contributed by atoms with Gasteiger partial charge in [-0.2, -0.15) is 24.9 Å². The molecule has 2 N–H and O–H groups in total. The smallest absolute Gasteiger partial charge is 0.397 e. The molecule has 0 bridgehead atoms. The molecule has 2 amide bonds. The number of carbonyl (C=O) groups is 2. The van der Waals surface area contributed by atoms with Crippen molar-refractivity contribution >= 4 is 45.7 Å². The maximum absolute atomic E-state index is 12.6. The maximum atomic E-state index is 12.6. The van der Waals surface area contributed by atoms with Crippen molar-refractivity contribution in [2.24, 2.45) is 10.7 Å². The van der Waals surface area contributed by atoms with Crippen LogP contribution in [0.2, 0.25) is 0 Å². The minimum absolute atomic E-state index is 0.235. The van der Waals surface area contributed by atoms with Gasteiger partial charge in [0.2, 0.25) is 0 Å². The van der Waals surface area contributed by atoms with Crippen LogP contribution in [0.25, 0.3) is 0 Å². The summed E-state index contributed by atoms with van der Waals surface area (Å²) < 4.78 is 38.4. The Kier molecular flexibility index (Phi) is 11.7. The van der Waals surface area contributed by atoms with Crippen molar-refractivity contribution in [2.45, 2.75) is 13.1 Å². The Balaban J connectivity index is 5.52. The van der Waals surface area contributed by atoms with Gasteiger partial charge in [0, 0.05) is 30.5 Å². The number of amides is 2. The van der Waals surface area contributed by atoms with Crippen molar-refractivity contribution in [1.82, 2.24) is 9.80 Å². The summed E-state index contributed by atoms with van der Waals surface area (Å²) in [6.45, 7) is 7.45. The van der Waals surface area contributed by atoms with Crippen LogP contribution >= 0.6 is 27.7 Å². The molecule has 29 heavy (non-hydrogen) atoms. The van der Waals surface area contributed by atoms with Gasteiger partial charge >= 0.3 is 6.18 Å². The molecule has 6 nitrogen and oxygen atoms in total. The molecule has 0 aromatic heterocycles. The molecular formula is C18H24BrF3N4O2S. The highest BCUT2D eigenvalue weighted by Gasteiger charge is 2.34. The SMILES string of the molecule is C=C/C(N)=C(\C(=O)N(C)CC(F)(F)F)N(C)C(=O)C(=C)/N=C\C(Br)=C/CSCC. The molecule has 162 valence electrons. The average Bonchev–Trinajstić information content (AvgIpc) is 2.63. The van der Waals surface area contributed by atoms with Gasteiger partial charge in [0.1, 0.15) is 17.9 Å². The monoisotopic (exact) mass is 496 g/mol. The Bertz CT molecular complexity index is 733. The number of rotatable bonds is 10. The second kappa shape index (κ2) is 12.5. The summed E-state index contributed by atoms with van der Waals surface area (Å²) in [5.74, 6) is -0.213. The van der Waals surface area contributed by atoms with Crippen LogP contribution in [0.3, 0.4) is 0 Å². The van der Waals surface area contributed by atoms with Gasteiger partial charge in [-0.1, -0.05) is 26.2 Å². The van der Waals surface area contributed by atoms with Crippen molar-refractivity contribution in [1.29, 1.82) is 0 Å². The van der Waals surface area contributed by atoms with Crippen LogP contribution in [0.15, 0.2) is 51.9 Å². The topological polar surface area (TPSA) is 79.0 Å². The van der Waals surface area contributed by atoms with Crippen LogP contribution in [0.5, 0.6) is 0 Å². The summed E-state index contributed by atoms with van der Waals surface area (Å²) in [5, 5.41) is 0. The van der Waals surface area contributed by atoms with Gasteiger partial charge in [-0.05, 0) is 27.8 Å². The van der Waals surface area contributed by atoms with Crippen LogP contribution in [0.1, 0.15) is 6.92 Å². The fourth-order valence-corrected chi connectivity index (χ4v) is 2.89. The van der Waals surface area contributed by atoms with Crippen LogP contribution in [0.4, 0.5) is 13.2 Å². The third-order valence-corrected chi connectivity index (χ3v) is 4.63. The molecule has 0 heterocycles. The number of alkyl halides is 3. The molecule has 0 fully saturated rings. The van der Waals surface area contributed by atoms with E-state index in [1.165, 1.54) is 13.3 Å². The first-order chi connectivity index (χ1) is 13.4. The van der Waals surface area contributed by atoms with E-state index in [1.807, 2.05) is 13.0 Å². The zero-order chi connectivity index (χ0) is 22.8. The molecule has 0 radical (unpaired) electrons. The van der Waals surface area contributed by atoms with E-state index in [1.54, 1.807) is 11.8 Å². The number of hydrogen-bond acceptors (Lipinski definition) is 5. The van der Waals surface area contributed by atoms with Crippen molar-refractivity contribution in [2.75, 3.05) is 32.1 Å². The zero-order valence-electron chi connectivity index (χ0n) is 16.4. The molecule has 0 saturated heterocycles. The highest BCUT2D eigenvalue weighted by atomic mass is 79.9. The number of halogens is 4. The minimum atomic E-state index is -4.61. The number of allylic oxidation sites excluding steroid dienone is 2. The molecule has 0 unspecified atom stereocenters. The predicted molar refractivity (Wildman–Crippen MR) is 116 cm³/mol. The van der Waals surface area contributed by atoms with Gasteiger partial charge in [-0.25, -0.2) is 0 Å². The highest BCUT2D eigenvalue weighted by Crippen LogP contribution is 2.19. The molecule has 0 atom stereocenters. The van der Waals surface area contributed by atoms with E-state index in [0.717, 1.165) is 29.5 Å². The zero-order valence-corrected chi connectivity index (χ0v) is 18.8. The van der Waals surface area contributed by atoms with E-state index in [-0.39, 0.29) is 11.4 Å². The Morgan fingerprint density at radius 2 is 1.86 bits per heavy atom. The molecular weight excluding hydrogens is 473 g/mol. The van der Waals surface area contributed by atoms with E-state index < -0.39 is 30.2 Å². The van der Waals surface area contributed by atoms with Crippen LogP contribution in [-0.4, -0.2) is 66.2 Å². The van der Waals surface area contributed by atoms with Gasteiger partial charge in [-0.15, -0.1) is 0 Å². The molecule has 11 heteroatoms. The number of nitrogens with zero attached hydrogens (tertiary/aromatic N) is 3. The van der Waals surface area contributed by atoms with E-state index in [4.69, 9.17) is 5.73 Å². The largest absolute Gasteiger partial charge is 0.406 e. The van der Waals surface area contributed by atoms with Crippen LogP contribution in [0, 0.1) is 0 Å². The Morgan fingerprint density at radius 1 is 1.28 bits per heavy atom. The first-order valence-electron chi connectivity index (χ1n) is 8.24. The summed E-state index contributed by atoms with van der Waals surface area (Å²) in [6.07, 6.45) is -0.337. The quantitative estimate of drug-likeness (QED) is 0.217. The van der Waals surface area contributed by atoms with Crippen LogP contribution < -0.4 is 5.73 Å². The second-order valence-corrected chi connectivity index (χ2v) is 7.84. The van der Waals surface area contributed by atoms with Gasteiger partial charge in [0.05, 0.1) is 5.70 Å².